The topological polar surface area (TPSA) is 39.1 Å². The van der Waals surface area contributed by atoms with Gasteiger partial charge in [0.1, 0.15) is 12.4 Å². The fourth-order valence-corrected chi connectivity index (χ4v) is 3.65. The summed E-state index contributed by atoms with van der Waals surface area (Å²) in [4.78, 5) is 0. The molecule has 0 saturated heterocycles. The van der Waals surface area contributed by atoms with Crippen molar-refractivity contribution in [2.24, 2.45) is 5.92 Å². The Morgan fingerprint density at radius 1 is 1.24 bits per heavy atom. The van der Waals surface area contributed by atoms with Crippen LogP contribution in [0.1, 0.15) is 56.3 Å². The van der Waals surface area contributed by atoms with E-state index in [2.05, 4.69) is 12.2 Å². The standard InChI is InChI=1S/C20H28FN3O/c1-15(17-6-4-3-5-7-17)24-20(12-19(23-24)13-22-2)25-14-16-8-10-18(21)11-9-16/h8-12,15,17,22H,3-7,13-14H2,1-2H3. The molecule has 136 valence electrons. The van der Waals surface area contributed by atoms with Crippen molar-refractivity contribution >= 4 is 0 Å². The minimum absolute atomic E-state index is 0.226. The molecule has 1 fully saturated rings. The zero-order valence-electron chi connectivity index (χ0n) is 15.2. The summed E-state index contributed by atoms with van der Waals surface area (Å²) in [5.41, 5.74) is 1.94. The number of aromatic nitrogens is 2. The monoisotopic (exact) mass is 345 g/mol. The van der Waals surface area contributed by atoms with Crippen LogP contribution in [0.5, 0.6) is 5.88 Å². The third kappa shape index (κ3) is 4.60. The van der Waals surface area contributed by atoms with Crippen LogP contribution in [-0.2, 0) is 13.2 Å². The highest BCUT2D eigenvalue weighted by Crippen LogP contribution is 2.34. The molecule has 0 amide bonds. The van der Waals surface area contributed by atoms with Crippen LogP contribution in [0.2, 0.25) is 0 Å². The Kier molecular flexibility index (Phi) is 6.08. The number of nitrogens with zero attached hydrogens (tertiary/aromatic N) is 2. The van der Waals surface area contributed by atoms with Crippen molar-refractivity contribution in [3.63, 3.8) is 0 Å². The van der Waals surface area contributed by atoms with Crippen LogP contribution >= 0.6 is 0 Å². The number of halogens is 1. The Balaban J connectivity index is 1.75. The minimum atomic E-state index is -0.226. The molecular weight excluding hydrogens is 317 g/mol. The second-order valence-electron chi connectivity index (χ2n) is 7.00. The summed E-state index contributed by atoms with van der Waals surface area (Å²) in [6.07, 6.45) is 6.50. The normalized spacial score (nSPS) is 16.8. The molecule has 1 N–H and O–H groups in total. The van der Waals surface area contributed by atoms with Crippen molar-refractivity contribution in [2.45, 2.75) is 58.2 Å². The highest BCUT2D eigenvalue weighted by molar-refractivity contribution is 5.20. The molecule has 1 aliphatic rings. The Morgan fingerprint density at radius 2 is 1.96 bits per heavy atom. The number of benzene rings is 1. The minimum Gasteiger partial charge on any atom is -0.473 e. The van der Waals surface area contributed by atoms with Crippen LogP contribution in [0.15, 0.2) is 30.3 Å². The van der Waals surface area contributed by atoms with Crippen LogP contribution in [0.3, 0.4) is 0 Å². The summed E-state index contributed by atoms with van der Waals surface area (Å²) >= 11 is 0. The maximum atomic E-state index is 13.1. The van der Waals surface area contributed by atoms with E-state index in [0.717, 1.165) is 23.7 Å². The van der Waals surface area contributed by atoms with Gasteiger partial charge in [0.2, 0.25) is 5.88 Å². The Morgan fingerprint density at radius 3 is 2.64 bits per heavy atom. The van der Waals surface area contributed by atoms with Gasteiger partial charge in [-0.1, -0.05) is 31.4 Å². The van der Waals surface area contributed by atoms with E-state index in [1.165, 1.54) is 44.2 Å². The summed E-state index contributed by atoms with van der Waals surface area (Å²) in [6.45, 7) is 3.39. The molecule has 0 aliphatic heterocycles. The Labute approximate surface area is 149 Å². The summed E-state index contributed by atoms with van der Waals surface area (Å²) in [5.74, 6) is 1.23. The van der Waals surface area contributed by atoms with E-state index in [-0.39, 0.29) is 5.82 Å². The van der Waals surface area contributed by atoms with Crippen LogP contribution in [0.25, 0.3) is 0 Å². The molecule has 1 aromatic carbocycles. The molecule has 1 heterocycles. The Hall–Kier alpha value is -1.88. The molecule has 2 aromatic rings. The van der Waals surface area contributed by atoms with E-state index < -0.39 is 0 Å². The van der Waals surface area contributed by atoms with Crippen molar-refractivity contribution in [2.75, 3.05) is 7.05 Å². The van der Waals surface area contributed by atoms with E-state index in [1.54, 1.807) is 12.1 Å². The van der Waals surface area contributed by atoms with Crippen molar-refractivity contribution in [3.8, 4) is 5.88 Å². The zero-order chi connectivity index (χ0) is 17.6. The highest BCUT2D eigenvalue weighted by Gasteiger charge is 2.24. The number of ether oxygens (including phenoxy) is 1. The Bertz CT molecular complexity index is 662. The molecule has 25 heavy (non-hydrogen) atoms. The fraction of sp³-hybridized carbons (Fsp3) is 0.550. The summed E-state index contributed by atoms with van der Waals surface area (Å²) in [5, 5.41) is 7.92. The van der Waals surface area contributed by atoms with Gasteiger partial charge in [-0.3, -0.25) is 0 Å². The fourth-order valence-electron chi connectivity index (χ4n) is 3.65. The molecule has 1 atom stereocenters. The third-order valence-corrected chi connectivity index (χ3v) is 5.13. The average molecular weight is 345 g/mol. The third-order valence-electron chi connectivity index (χ3n) is 5.13. The van der Waals surface area contributed by atoms with Crippen LogP contribution in [0, 0.1) is 11.7 Å². The molecule has 1 aliphatic carbocycles. The van der Waals surface area contributed by atoms with Gasteiger partial charge in [-0.25, -0.2) is 9.07 Å². The van der Waals surface area contributed by atoms with Gasteiger partial charge < -0.3 is 10.1 Å². The zero-order valence-corrected chi connectivity index (χ0v) is 15.2. The van der Waals surface area contributed by atoms with E-state index in [9.17, 15) is 4.39 Å². The van der Waals surface area contributed by atoms with Gasteiger partial charge in [0.15, 0.2) is 0 Å². The molecule has 1 aromatic heterocycles. The first-order chi connectivity index (χ1) is 12.2. The lowest BCUT2D eigenvalue weighted by Gasteiger charge is -2.28. The summed E-state index contributed by atoms with van der Waals surface area (Å²) in [6, 6.07) is 8.79. The van der Waals surface area contributed by atoms with Gasteiger partial charge in [0, 0.05) is 12.6 Å². The molecular formula is C20H28FN3O. The number of nitrogens with one attached hydrogen (secondary N) is 1. The molecule has 1 saturated carbocycles. The van der Waals surface area contributed by atoms with Gasteiger partial charge in [-0.15, -0.1) is 0 Å². The van der Waals surface area contributed by atoms with Gasteiger partial charge >= 0.3 is 0 Å². The van der Waals surface area contributed by atoms with Gasteiger partial charge in [0.25, 0.3) is 0 Å². The van der Waals surface area contributed by atoms with E-state index in [1.807, 2.05) is 17.8 Å². The SMILES string of the molecule is CNCc1cc(OCc2ccc(F)cc2)n(C(C)C2CCCCC2)n1. The average Bonchev–Trinajstić information content (AvgIpc) is 3.04. The van der Waals surface area contributed by atoms with E-state index >= 15 is 0 Å². The van der Waals surface area contributed by atoms with Gasteiger partial charge in [-0.2, -0.15) is 5.10 Å². The van der Waals surface area contributed by atoms with E-state index in [0.29, 0.717) is 18.6 Å². The van der Waals surface area contributed by atoms with Crippen LogP contribution in [0.4, 0.5) is 4.39 Å². The van der Waals surface area contributed by atoms with Crippen molar-refractivity contribution < 1.29 is 9.13 Å². The van der Waals surface area contributed by atoms with Crippen molar-refractivity contribution in [1.82, 2.24) is 15.1 Å². The molecule has 1 unspecified atom stereocenters. The smallest absolute Gasteiger partial charge is 0.212 e. The first-order valence-electron chi connectivity index (χ1n) is 9.27. The predicted octanol–water partition coefficient (Wildman–Crippen LogP) is 4.46. The largest absolute Gasteiger partial charge is 0.473 e. The van der Waals surface area contributed by atoms with Crippen molar-refractivity contribution in [3.05, 3.63) is 47.4 Å². The maximum absolute atomic E-state index is 13.1. The predicted molar refractivity (Wildman–Crippen MR) is 97.0 cm³/mol. The molecule has 4 nitrogen and oxygen atoms in total. The van der Waals surface area contributed by atoms with E-state index in [4.69, 9.17) is 9.84 Å². The van der Waals surface area contributed by atoms with Crippen LogP contribution < -0.4 is 10.1 Å². The second kappa shape index (κ2) is 8.48. The number of rotatable bonds is 7. The molecule has 3 rings (SSSR count). The first kappa shape index (κ1) is 17.9. The summed E-state index contributed by atoms with van der Waals surface area (Å²) in [7, 11) is 1.92. The lowest BCUT2D eigenvalue weighted by atomic mass is 9.85. The molecule has 5 heteroatoms. The molecule has 0 radical (unpaired) electrons. The maximum Gasteiger partial charge on any atom is 0.212 e. The lowest BCUT2D eigenvalue weighted by molar-refractivity contribution is 0.209. The van der Waals surface area contributed by atoms with Gasteiger partial charge in [0.05, 0.1) is 11.7 Å². The first-order valence-corrected chi connectivity index (χ1v) is 9.27. The van der Waals surface area contributed by atoms with Gasteiger partial charge in [-0.05, 0) is 50.4 Å². The lowest BCUT2D eigenvalue weighted by Crippen LogP contribution is -2.21. The quantitative estimate of drug-likeness (QED) is 0.805. The van der Waals surface area contributed by atoms with Crippen molar-refractivity contribution in [1.29, 1.82) is 0 Å². The number of hydrogen-bond acceptors (Lipinski definition) is 3. The molecule has 0 bridgehead atoms. The molecule has 0 spiro atoms. The summed E-state index contributed by atoms with van der Waals surface area (Å²) < 4.78 is 21.2. The second-order valence-corrected chi connectivity index (χ2v) is 7.00. The highest BCUT2D eigenvalue weighted by atomic mass is 19.1. The number of hydrogen-bond donors (Lipinski definition) is 1. The van der Waals surface area contributed by atoms with Crippen LogP contribution in [-0.4, -0.2) is 16.8 Å².